The molecule has 0 atom stereocenters. The number of thiophene rings is 1. The second kappa shape index (κ2) is 9.68. The number of hydrogen-bond acceptors (Lipinski definition) is 5. The number of aromatic nitrogens is 3. The molecule has 0 aliphatic rings. The lowest BCUT2D eigenvalue weighted by Gasteiger charge is -2.11. The summed E-state index contributed by atoms with van der Waals surface area (Å²) in [5, 5.41) is 15.2. The number of rotatable bonds is 7. The fourth-order valence-electron chi connectivity index (χ4n) is 3.11. The van der Waals surface area contributed by atoms with Crippen molar-refractivity contribution >= 4 is 46.3 Å². The lowest BCUT2D eigenvalue weighted by molar-refractivity contribution is -0.113. The van der Waals surface area contributed by atoms with Gasteiger partial charge in [-0.15, -0.1) is 21.5 Å². The van der Waals surface area contributed by atoms with E-state index in [2.05, 4.69) is 21.6 Å². The van der Waals surface area contributed by atoms with Crippen molar-refractivity contribution < 1.29 is 4.79 Å². The summed E-state index contributed by atoms with van der Waals surface area (Å²) in [6, 6.07) is 17.7. The molecule has 158 valence electrons. The lowest BCUT2D eigenvalue weighted by Crippen LogP contribution is -2.15. The minimum Gasteiger partial charge on any atom is -0.325 e. The van der Waals surface area contributed by atoms with Crippen LogP contribution in [0.15, 0.2) is 65.1 Å². The summed E-state index contributed by atoms with van der Waals surface area (Å²) in [6.07, 6.45) is 0.669. The van der Waals surface area contributed by atoms with E-state index >= 15 is 0 Å². The zero-order valence-electron chi connectivity index (χ0n) is 17.1. The quantitative estimate of drug-likeness (QED) is 0.342. The van der Waals surface area contributed by atoms with Crippen molar-refractivity contribution in [3.8, 4) is 5.69 Å². The number of benzene rings is 2. The van der Waals surface area contributed by atoms with Crippen LogP contribution in [-0.4, -0.2) is 26.4 Å². The molecule has 5 nitrogen and oxygen atoms in total. The Morgan fingerprint density at radius 1 is 1.13 bits per heavy atom. The predicted molar refractivity (Wildman–Crippen MR) is 129 cm³/mol. The number of nitrogens with one attached hydrogen (secondary N) is 1. The highest BCUT2D eigenvalue weighted by Gasteiger charge is 2.17. The van der Waals surface area contributed by atoms with Crippen molar-refractivity contribution in [1.82, 2.24) is 14.8 Å². The first kappa shape index (κ1) is 21.6. The van der Waals surface area contributed by atoms with Gasteiger partial charge in [0, 0.05) is 27.7 Å². The van der Waals surface area contributed by atoms with Gasteiger partial charge in [0.25, 0.3) is 0 Å². The number of anilines is 1. The molecule has 2 heterocycles. The zero-order chi connectivity index (χ0) is 21.8. The van der Waals surface area contributed by atoms with Gasteiger partial charge in [-0.05, 0) is 66.8 Å². The van der Waals surface area contributed by atoms with Gasteiger partial charge < -0.3 is 5.32 Å². The molecule has 0 fully saturated rings. The molecule has 8 heteroatoms. The summed E-state index contributed by atoms with van der Waals surface area (Å²) >= 11 is 9.12. The Morgan fingerprint density at radius 2 is 1.94 bits per heavy atom. The molecule has 0 unspecified atom stereocenters. The van der Waals surface area contributed by atoms with E-state index in [-0.39, 0.29) is 11.7 Å². The Hall–Kier alpha value is -2.61. The molecule has 0 saturated carbocycles. The third-order valence-corrected chi connectivity index (χ3v) is 6.75. The second-order valence-electron chi connectivity index (χ2n) is 7.12. The van der Waals surface area contributed by atoms with Crippen LogP contribution in [-0.2, 0) is 11.2 Å². The number of halogens is 1. The molecular weight excluding hydrogens is 448 g/mol. The van der Waals surface area contributed by atoms with Gasteiger partial charge in [0.1, 0.15) is 5.82 Å². The molecule has 0 radical (unpaired) electrons. The number of amides is 1. The van der Waals surface area contributed by atoms with E-state index in [1.807, 2.05) is 72.3 Å². The minimum atomic E-state index is -0.0795. The van der Waals surface area contributed by atoms with Crippen molar-refractivity contribution in [3.05, 3.63) is 86.8 Å². The van der Waals surface area contributed by atoms with Crippen LogP contribution in [0, 0.1) is 13.8 Å². The molecule has 1 amide bonds. The van der Waals surface area contributed by atoms with Gasteiger partial charge in [0.05, 0.1) is 5.75 Å². The van der Waals surface area contributed by atoms with E-state index in [9.17, 15) is 4.79 Å². The molecule has 31 heavy (non-hydrogen) atoms. The fraction of sp³-hybridized carbons (Fsp3) is 0.174. The van der Waals surface area contributed by atoms with Crippen LogP contribution in [0.2, 0.25) is 5.02 Å². The SMILES string of the molecule is Cc1ccc(C)c(NC(=O)CSc2nnc(Cc3cccs3)n2-c2ccc(Cl)cc2)c1. The van der Waals surface area contributed by atoms with Crippen molar-refractivity contribution in [2.45, 2.75) is 25.4 Å². The molecule has 0 bridgehead atoms. The van der Waals surface area contributed by atoms with Gasteiger partial charge in [0.2, 0.25) is 5.91 Å². The van der Waals surface area contributed by atoms with Crippen LogP contribution in [0.25, 0.3) is 5.69 Å². The van der Waals surface area contributed by atoms with Gasteiger partial charge in [-0.25, -0.2) is 0 Å². The first-order chi connectivity index (χ1) is 15.0. The number of carbonyl (C=O) groups is 1. The smallest absolute Gasteiger partial charge is 0.234 e. The van der Waals surface area contributed by atoms with E-state index in [4.69, 9.17) is 11.6 Å². The summed E-state index contributed by atoms with van der Waals surface area (Å²) in [4.78, 5) is 13.8. The molecule has 0 saturated heterocycles. The van der Waals surface area contributed by atoms with Crippen LogP contribution in [0.1, 0.15) is 21.8 Å². The molecule has 2 aromatic heterocycles. The molecule has 4 aromatic rings. The average Bonchev–Trinajstić information content (AvgIpc) is 3.40. The third-order valence-electron chi connectivity index (χ3n) is 4.70. The molecule has 4 rings (SSSR count). The summed E-state index contributed by atoms with van der Waals surface area (Å²) in [7, 11) is 0. The number of carbonyl (C=O) groups excluding carboxylic acids is 1. The maximum Gasteiger partial charge on any atom is 0.234 e. The second-order valence-corrected chi connectivity index (χ2v) is 9.53. The van der Waals surface area contributed by atoms with E-state index in [1.54, 1.807) is 11.3 Å². The lowest BCUT2D eigenvalue weighted by atomic mass is 10.1. The highest BCUT2D eigenvalue weighted by atomic mass is 35.5. The van der Waals surface area contributed by atoms with Crippen molar-refractivity contribution in [1.29, 1.82) is 0 Å². The third kappa shape index (κ3) is 5.36. The average molecular weight is 469 g/mol. The standard InChI is InChI=1S/C23H21ClN4OS2/c1-15-5-6-16(2)20(12-15)25-22(29)14-31-23-27-26-21(13-19-4-3-11-30-19)28(23)18-9-7-17(24)8-10-18/h3-12H,13-14H2,1-2H3,(H,25,29). The van der Waals surface area contributed by atoms with Crippen molar-refractivity contribution in [2.75, 3.05) is 11.1 Å². The monoisotopic (exact) mass is 468 g/mol. The number of nitrogens with zero attached hydrogens (tertiary/aromatic N) is 3. The van der Waals surface area contributed by atoms with E-state index in [1.165, 1.54) is 16.6 Å². The van der Waals surface area contributed by atoms with Gasteiger partial charge in [-0.2, -0.15) is 0 Å². The zero-order valence-corrected chi connectivity index (χ0v) is 19.5. The summed E-state index contributed by atoms with van der Waals surface area (Å²) < 4.78 is 1.99. The Morgan fingerprint density at radius 3 is 2.68 bits per heavy atom. The van der Waals surface area contributed by atoms with Gasteiger partial charge in [0.15, 0.2) is 5.16 Å². The first-order valence-electron chi connectivity index (χ1n) is 9.72. The maximum absolute atomic E-state index is 12.6. The normalized spacial score (nSPS) is 10.9. The summed E-state index contributed by atoms with van der Waals surface area (Å²) in [5.41, 5.74) is 3.89. The molecule has 2 aromatic carbocycles. The molecule has 0 aliphatic carbocycles. The molecule has 0 aliphatic heterocycles. The Balaban J connectivity index is 1.54. The van der Waals surface area contributed by atoms with Gasteiger partial charge in [-0.3, -0.25) is 9.36 Å². The van der Waals surface area contributed by atoms with Crippen molar-refractivity contribution in [2.24, 2.45) is 0 Å². The highest BCUT2D eigenvalue weighted by Crippen LogP contribution is 2.26. The largest absolute Gasteiger partial charge is 0.325 e. The number of thioether (sulfide) groups is 1. The summed E-state index contributed by atoms with van der Waals surface area (Å²) in [5.74, 6) is 0.976. The highest BCUT2D eigenvalue weighted by molar-refractivity contribution is 7.99. The van der Waals surface area contributed by atoms with Crippen molar-refractivity contribution in [3.63, 3.8) is 0 Å². The van der Waals surface area contributed by atoms with E-state index in [0.29, 0.717) is 16.6 Å². The number of hydrogen-bond donors (Lipinski definition) is 1. The summed E-state index contributed by atoms with van der Waals surface area (Å²) in [6.45, 7) is 3.99. The van der Waals surface area contributed by atoms with E-state index in [0.717, 1.165) is 28.3 Å². The first-order valence-corrected chi connectivity index (χ1v) is 12.0. The Labute approximate surface area is 194 Å². The van der Waals surface area contributed by atoms with Crippen LogP contribution >= 0.6 is 34.7 Å². The Kier molecular flexibility index (Phi) is 6.75. The molecule has 0 spiro atoms. The van der Waals surface area contributed by atoms with Gasteiger partial charge in [-0.1, -0.05) is 41.6 Å². The van der Waals surface area contributed by atoms with Crippen LogP contribution in [0.4, 0.5) is 5.69 Å². The molecule has 1 N–H and O–H groups in total. The fourth-order valence-corrected chi connectivity index (χ4v) is 4.71. The Bertz CT molecular complexity index is 1190. The number of aryl methyl sites for hydroxylation is 2. The topological polar surface area (TPSA) is 59.8 Å². The van der Waals surface area contributed by atoms with Crippen LogP contribution < -0.4 is 5.32 Å². The molecular formula is C23H21ClN4OS2. The minimum absolute atomic E-state index is 0.0795. The maximum atomic E-state index is 12.6. The predicted octanol–water partition coefficient (Wildman–Crippen LogP) is 5.92. The van der Waals surface area contributed by atoms with Crippen LogP contribution in [0.5, 0.6) is 0 Å². The van der Waals surface area contributed by atoms with Crippen LogP contribution in [0.3, 0.4) is 0 Å². The van der Waals surface area contributed by atoms with E-state index < -0.39 is 0 Å². The van der Waals surface area contributed by atoms with Gasteiger partial charge >= 0.3 is 0 Å².